The average Bonchev–Trinajstić information content (AvgIpc) is 2.69. The summed E-state index contributed by atoms with van der Waals surface area (Å²) in [5, 5.41) is 0. The zero-order valence-corrected chi connectivity index (χ0v) is 16.7. The van der Waals surface area contributed by atoms with Gasteiger partial charge in [0.1, 0.15) is 0 Å². The van der Waals surface area contributed by atoms with E-state index in [1.54, 1.807) is 24.3 Å². The summed E-state index contributed by atoms with van der Waals surface area (Å²) in [6, 6.07) is 14.0. The molecular formula is C23H23NO3S. The van der Waals surface area contributed by atoms with Crippen molar-refractivity contribution in [2.75, 3.05) is 6.54 Å². The molecule has 0 radical (unpaired) electrons. The summed E-state index contributed by atoms with van der Waals surface area (Å²) in [6.45, 7) is 2.07. The molecule has 0 bridgehead atoms. The van der Waals surface area contributed by atoms with E-state index in [1.807, 2.05) is 43.3 Å². The van der Waals surface area contributed by atoms with Crippen LogP contribution < -0.4 is 0 Å². The van der Waals surface area contributed by atoms with E-state index in [2.05, 4.69) is 11.8 Å². The van der Waals surface area contributed by atoms with Crippen molar-refractivity contribution in [2.24, 2.45) is 0 Å². The lowest BCUT2D eigenvalue weighted by Gasteiger charge is -2.23. The number of benzene rings is 2. The highest BCUT2D eigenvalue weighted by Gasteiger charge is 2.29. The molecule has 0 N–H and O–H groups in total. The molecule has 1 aliphatic rings. The number of nitrogens with zero attached hydrogens (tertiary/aromatic N) is 1. The van der Waals surface area contributed by atoms with Crippen molar-refractivity contribution in [3.8, 4) is 11.8 Å². The van der Waals surface area contributed by atoms with Crippen LogP contribution in [0.25, 0.3) is 0 Å². The minimum Gasteiger partial charge on any atom is -0.273 e. The van der Waals surface area contributed by atoms with Crippen molar-refractivity contribution in [3.05, 3.63) is 77.4 Å². The summed E-state index contributed by atoms with van der Waals surface area (Å²) in [6.07, 6.45) is 5.99. The van der Waals surface area contributed by atoms with Gasteiger partial charge in [-0.05, 0) is 56.0 Å². The molecule has 0 atom stereocenters. The number of fused-ring (bicyclic) bond motifs is 1. The van der Waals surface area contributed by atoms with Gasteiger partial charge in [0.05, 0.1) is 11.3 Å². The molecule has 0 spiro atoms. The van der Waals surface area contributed by atoms with E-state index in [0.717, 1.165) is 33.8 Å². The van der Waals surface area contributed by atoms with E-state index in [9.17, 15) is 13.2 Å². The normalized spacial score (nSPS) is 16.6. The van der Waals surface area contributed by atoms with Crippen LogP contribution in [-0.2, 0) is 21.2 Å². The third-order valence-corrected chi connectivity index (χ3v) is 6.47. The Labute approximate surface area is 166 Å². The number of allylic oxidation sites excluding steroid dienone is 2. The smallest absolute Gasteiger partial charge is 0.266 e. The lowest BCUT2D eigenvalue weighted by atomic mass is 10.0. The number of rotatable bonds is 2. The molecule has 0 fully saturated rings. The molecule has 0 unspecified atom stereocenters. The van der Waals surface area contributed by atoms with Gasteiger partial charge in [0.15, 0.2) is 0 Å². The van der Waals surface area contributed by atoms with Crippen LogP contribution in [0.15, 0.2) is 65.6 Å². The van der Waals surface area contributed by atoms with Crippen LogP contribution in [0.1, 0.15) is 36.0 Å². The fourth-order valence-corrected chi connectivity index (χ4v) is 4.48. The maximum atomic E-state index is 13.2. The van der Waals surface area contributed by atoms with Crippen LogP contribution in [0.5, 0.6) is 0 Å². The van der Waals surface area contributed by atoms with Crippen LogP contribution in [0.3, 0.4) is 0 Å². The van der Waals surface area contributed by atoms with Gasteiger partial charge >= 0.3 is 0 Å². The quantitative estimate of drug-likeness (QED) is 0.729. The Bertz CT molecular complexity index is 1040. The molecule has 2 aromatic carbocycles. The van der Waals surface area contributed by atoms with Crippen LogP contribution >= 0.6 is 0 Å². The monoisotopic (exact) mass is 393 g/mol. The van der Waals surface area contributed by atoms with Gasteiger partial charge in [-0.15, -0.1) is 0 Å². The first kappa shape index (κ1) is 19.9. The molecule has 144 valence electrons. The third-order valence-electron chi connectivity index (χ3n) is 4.64. The van der Waals surface area contributed by atoms with Crippen molar-refractivity contribution in [1.29, 1.82) is 0 Å². The van der Waals surface area contributed by atoms with Crippen LogP contribution in [-0.4, -0.2) is 25.2 Å². The van der Waals surface area contributed by atoms with Crippen molar-refractivity contribution < 1.29 is 13.2 Å². The van der Waals surface area contributed by atoms with Crippen LogP contribution in [0, 0.1) is 18.8 Å². The number of sulfonamides is 1. The van der Waals surface area contributed by atoms with Crippen LogP contribution in [0.4, 0.5) is 0 Å². The van der Waals surface area contributed by atoms with Gasteiger partial charge in [-0.3, -0.25) is 4.79 Å². The van der Waals surface area contributed by atoms with Gasteiger partial charge < -0.3 is 0 Å². The molecule has 1 aliphatic heterocycles. The van der Waals surface area contributed by atoms with Gasteiger partial charge in [-0.2, -0.15) is 0 Å². The second-order valence-electron chi connectivity index (χ2n) is 6.79. The summed E-state index contributed by atoms with van der Waals surface area (Å²) in [5.74, 6) is 5.62. The molecular weight excluding hydrogens is 370 g/mol. The fraction of sp³-hybridized carbons (Fsp3) is 0.261. The first-order valence-corrected chi connectivity index (χ1v) is 10.8. The Morgan fingerprint density at radius 3 is 2.54 bits per heavy atom. The summed E-state index contributed by atoms with van der Waals surface area (Å²) in [4.78, 5) is 13.2. The molecule has 0 aromatic heterocycles. The molecule has 5 heteroatoms. The largest absolute Gasteiger partial charge is 0.273 e. The van der Waals surface area contributed by atoms with E-state index < -0.39 is 15.9 Å². The van der Waals surface area contributed by atoms with Crippen molar-refractivity contribution in [3.63, 3.8) is 0 Å². The maximum absolute atomic E-state index is 13.2. The molecule has 0 saturated carbocycles. The predicted octanol–water partition coefficient (Wildman–Crippen LogP) is 3.85. The fourth-order valence-electron chi connectivity index (χ4n) is 3.04. The van der Waals surface area contributed by atoms with E-state index in [4.69, 9.17) is 0 Å². The molecule has 3 rings (SSSR count). The number of carbonyl (C=O) groups excluding carboxylic acids is 1. The van der Waals surface area contributed by atoms with Crippen molar-refractivity contribution >= 4 is 15.9 Å². The first-order chi connectivity index (χ1) is 13.5. The van der Waals surface area contributed by atoms with Gasteiger partial charge in [0, 0.05) is 12.1 Å². The van der Waals surface area contributed by atoms with Crippen molar-refractivity contribution in [2.45, 2.75) is 37.5 Å². The van der Waals surface area contributed by atoms with Gasteiger partial charge in [-0.1, -0.05) is 53.8 Å². The van der Waals surface area contributed by atoms with Gasteiger partial charge in [-0.25, -0.2) is 12.7 Å². The summed E-state index contributed by atoms with van der Waals surface area (Å²) in [5.41, 5.74) is 2.44. The molecule has 0 aliphatic carbocycles. The number of carbonyl (C=O) groups is 1. The molecule has 28 heavy (non-hydrogen) atoms. The number of aryl methyl sites for hydroxylation is 1. The minimum absolute atomic E-state index is 0.000338. The highest BCUT2D eigenvalue weighted by molar-refractivity contribution is 7.89. The Morgan fingerprint density at radius 1 is 1.00 bits per heavy atom. The Hall–Kier alpha value is -2.84. The number of hydrogen-bond donors (Lipinski definition) is 0. The molecule has 4 nitrogen and oxygen atoms in total. The number of amides is 1. The molecule has 1 heterocycles. The van der Waals surface area contributed by atoms with Gasteiger partial charge in [0.2, 0.25) is 5.91 Å². The summed E-state index contributed by atoms with van der Waals surface area (Å²) in [7, 11) is -3.90. The lowest BCUT2D eigenvalue weighted by molar-refractivity contribution is -0.125. The van der Waals surface area contributed by atoms with E-state index in [0.29, 0.717) is 6.42 Å². The molecule has 1 amide bonds. The zero-order valence-electron chi connectivity index (χ0n) is 15.9. The topological polar surface area (TPSA) is 54.5 Å². The Kier molecular flexibility index (Phi) is 6.33. The standard InChI is InChI=1S/C23H23NO3S/c1-19-13-15-22(16-14-19)28(26,27)24-17-9-5-3-2-4-6-10-20-11-7-8-12-21(20)18-23(24)25/h2,4,7-8,11-16H,3,5,9,17-18H2,1H3/b4-2-. The highest BCUT2D eigenvalue weighted by Crippen LogP contribution is 2.20. The van der Waals surface area contributed by atoms with E-state index in [1.165, 1.54) is 0 Å². The second kappa shape index (κ2) is 8.90. The second-order valence-corrected chi connectivity index (χ2v) is 8.65. The van der Waals surface area contributed by atoms with Gasteiger partial charge in [0.25, 0.3) is 10.0 Å². The molecule has 0 saturated heterocycles. The first-order valence-electron chi connectivity index (χ1n) is 9.35. The predicted molar refractivity (Wildman–Crippen MR) is 110 cm³/mol. The maximum Gasteiger partial charge on any atom is 0.266 e. The minimum atomic E-state index is -3.90. The SMILES string of the molecule is Cc1ccc(S(=O)(=O)N2CCCC/C=C\C#Cc3ccccc3CC2=O)cc1. The Morgan fingerprint density at radius 2 is 1.75 bits per heavy atom. The summed E-state index contributed by atoms with van der Waals surface area (Å²) < 4.78 is 27.4. The summed E-state index contributed by atoms with van der Waals surface area (Å²) >= 11 is 0. The lowest BCUT2D eigenvalue weighted by Crippen LogP contribution is -2.38. The van der Waals surface area contributed by atoms with Crippen molar-refractivity contribution in [1.82, 2.24) is 4.31 Å². The molecule has 2 aromatic rings. The van der Waals surface area contributed by atoms with E-state index >= 15 is 0 Å². The highest BCUT2D eigenvalue weighted by atomic mass is 32.2. The Balaban J connectivity index is 1.98. The third kappa shape index (κ3) is 4.71. The average molecular weight is 394 g/mol. The zero-order chi connectivity index (χ0) is 20.0. The number of hydrogen-bond acceptors (Lipinski definition) is 3. The van der Waals surface area contributed by atoms with Crippen LogP contribution in [0.2, 0.25) is 0 Å². The van der Waals surface area contributed by atoms with E-state index in [-0.39, 0.29) is 17.9 Å².